The Morgan fingerprint density at radius 1 is 1.14 bits per heavy atom. The molecule has 0 saturated heterocycles. The number of nitro groups is 1. The van der Waals surface area contributed by atoms with Gasteiger partial charge in [0.05, 0.1) is 12.0 Å². The molecule has 1 N–H and O–H groups in total. The molecule has 0 aliphatic rings. The minimum absolute atomic E-state index is 0.0885. The first-order valence-electron chi connectivity index (χ1n) is 6.36. The second kappa shape index (κ2) is 7.19. The van der Waals surface area contributed by atoms with Gasteiger partial charge in [-0.25, -0.2) is 0 Å². The van der Waals surface area contributed by atoms with Gasteiger partial charge in [0.1, 0.15) is 5.75 Å². The molecule has 0 saturated carbocycles. The average Bonchev–Trinajstić information content (AvgIpc) is 2.47. The number of nitro benzene ring substituents is 1. The van der Waals surface area contributed by atoms with Gasteiger partial charge < -0.3 is 10.1 Å². The summed E-state index contributed by atoms with van der Waals surface area (Å²) < 4.78 is 5.81. The van der Waals surface area contributed by atoms with Crippen LogP contribution in [0.2, 0.25) is 0 Å². The first-order valence-corrected chi connectivity index (χ1v) is 7.15. The third-order valence-electron chi connectivity index (χ3n) is 2.97. The van der Waals surface area contributed by atoms with Crippen molar-refractivity contribution < 1.29 is 9.66 Å². The molecule has 0 spiro atoms. The van der Waals surface area contributed by atoms with Crippen molar-refractivity contribution >= 4 is 21.6 Å². The summed E-state index contributed by atoms with van der Waals surface area (Å²) >= 11 is 3.29. The standard InChI is InChI=1S/C15H15BrN2O3/c1-21-15-4-2-11(3-5-15)9-17-10-12-6-13(16)8-14(7-12)18(19)20/h2-8,17H,9-10H2,1H3. The van der Waals surface area contributed by atoms with Gasteiger partial charge in [-0.2, -0.15) is 0 Å². The minimum atomic E-state index is -0.391. The highest BCUT2D eigenvalue weighted by Gasteiger charge is 2.08. The monoisotopic (exact) mass is 350 g/mol. The summed E-state index contributed by atoms with van der Waals surface area (Å²) in [6, 6.07) is 12.7. The number of halogens is 1. The minimum Gasteiger partial charge on any atom is -0.497 e. The van der Waals surface area contributed by atoms with E-state index in [0.29, 0.717) is 17.6 Å². The van der Waals surface area contributed by atoms with Crippen molar-refractivity contribution in [1.82, 2.24) is 5.32 Å². The average molecular weight is 351 g/mol. The Labute approximate surface area is 131 Å². The molecule has 0 aliphatic heterocycles. The third-order valence-corrected chi connectivity index (χ3v) is 3.43. The molecule has 21 heavy (non-hydrogen) atoms. The summed E-state index contributed by atoms with van der Waals surface area (Å²) in [6.45, 7) is 1.25. The maximum atomic E-state index is 10.8. The molecule has 0 atom stereocenters. The Kier molecular flexibility index (Phi) is 5.30. The van der Waals surface area contributed by atoms with Gasteiger partial charge in [-0.15, -0.1) is 0 Å². The lowest BCUT2D eigenvalue weighted by atomic mass is 10.2. The molecule has 0 unspecified atom stereocenters. The lowest BCUT2D eigenvalue weighted by molar-refractivity contribution is -0.385. The molecule has 0 bridgehead atoms. The molecule has 2 aromatic carbocycles. The highest BCUT2D eigenvalue weighted by atomic mass is 79.9. The zero-order valence-corrected chi connectivity index (χ0v) is 13.1. The van der Waals surface area contributed by atoms with Crippen molar-refractivity contribution in [2.24, 2.45) is 0 Å². The van der Waals surface area contributed by atoms with E-state index >= 15 is 0 Å². The molecule has 0 amide bonds. The van der Waals surface area contributed by atoms with Crippen LogP contribution in [0.4, 0.5) is 5.69 Å². The van der Waals surface area contributed by atoms with Crippen LogP contribution in [0.25, 0.3) is 0 Å². The Bertz CT molecular complexity index is 629. The van der Waals surface area contributed by atoms with Crippen LogP contribution in [0, 0.1) is 10.1 Å². The lowest BCUT2D eigenvalue weighted by Gasteiger charge is -2.07. The van der Waals surface area contributed by atoms with E-state index in [-0.39, 0.29) is 5.69 Å². The zero-order valence-electron chi connectivity index (χ0n) is 11.5. The molecule has 0 heterocycles. The van der Waals surface area contributed by atoms with E-state index in [4.69, 9.17) is 4.74 Å². The number of rotatable bonds is 6. The quantitative estimate of drug-likeness (QED) is 0.637. The fourth-order valence-corrected chi connectivity index (χ4v) is 2.46. The Morgan fingerprint density at radius 2 is 1.81 bits per heavy atom. The molecular formula is C15H15BrN2O3. The van der Waals surface area contributed by atoms with Gasteiger partial charge >= 0.3 is 0 Å². The van der Waals surface area contributed by atoms with E-state index < -0.39 is 4.92 Å². The Morgan fingerprint density at radius 3 is 2.43 bits per heavy atom. The van der Waals surface area contributed by atoms with Crippen LogP contribution >= 0.6 is 15.9 Å². The fourth-order valence-electron chi connectivity index (χ4n) is 1.94. The molecule has 5 nitrogen and oxygen atoms in total. The Balaban J connectivity index is 1.95. The molecule has 6 heteroatoms. The van der Waals surface area contributed by atoms with Gasteiger partial charge in [0.2, 0.25) is 0 Å². The van der Waals surface area contributed by atoms with Gasteiger partial charge in [-0.05, 0) is 29.3 Å². The molecule has 2 rings (SSSR count). The van der Waals surface area contributed by atoms with Gasteiger partial charge in [-0.1, -0.05) is 28.1 Å². The summed E-state index contributed by atoms with van der Waals surface area (Å²) in [7, 11) is 1.63. The lowest BCUT2D eigenvalue weighted by Crippen LogP contribution is -2.12. The maximum absolute atomic E-state index is 10.8. The van der Waals surface area contributed by atoms with Crippen molar-refractivity contribution in [2.75, 3.05) is 7.11 Å². The number of nitrogens with zero attached hydrogens (tertiary/aromatic N) is 1. The predicted octanol–water partition coefficient (Wildman–Crippen LogP) is 3.66. The highest BCUT2D eigenvalue weighted by Crippen LogP contribution is 2.21. The number of hydrogen-bond donors (Lipinski definition) is 1. The fraction of sp³-hybridized carbons (Fsp3) is 0.200. The van der Waals surface area contributed by atoms with Crippen LogP contribution in [0.1, 0.15) is 11.1 Å². The van der Waals surface area contributed by atoms with Crippen molar-refractivity contribution in [3.8, 4) is 5.75 Å². The molecule has 0 radical (unpaired) electrons. The van der Waals surface area contributed by atoms with Crippen LogP contribution in [0.15, 0.2) is 46.9 Å². The number of non-ortho nitro benzene ring substituents is 1. The van der Waals surface area contributed by atoms with Crippen molar-refractivity contribution in [3.05, 3.63) is 68.2 Å². The first-order chi connectivity index (χ1) is 10.1. The topological polar surface area (TPSA) is 64.4 Å². The van der Waals surface area contributed by atoms with E-state index in [2.05, 4.69) is 21.2 Å². The van der Waals surface area contributed by atoms with Crippen LogP contribution in [0.5, 0.6) is 5.75 Å². The predicted molar refractivity (Wildman–Crippen MR) is 84.3 cm³/mol. The molecule has 2 aromatic rings. The van der Waals surface area contributed by atoms with E-state index in [0.717, 1.165) is 16.9 Å². The van der Waals surface area contributed by atoms with Crippen molar-refractivity contribution in [1.29, 1.82) is 0 Å². The highest BCUT2D eigenvalue weighted by molar-refractivity contribution is 9.10. The normalized spacial score (nSPS) is 10.4. The molecular weight excluding hydrogens is 336 g/mol. The maximum Gasteiger partial charge on any atom is 0.270 e. The second-order valence-corrected chi connectivity index (χ2v) is 5.44. The van der Waals surface area contributed by atoms with E-state index in [1.807, 2.05) is 30.3 Å². The van der Waals surface area contributed by atoms with Gasteiger partial charge in [-0.3, -0.25) is 10.1 Å². The zero-order chi connectivity index (χ0) is 15.2. The largest absolute Gasteiger partial charge is 0.497 e. The summed E-state index contributed by atoms with van der Waals surface area (Å²) in [5, 5.41) is 14.1. The number of ether oxygens (including phenoxy) is 1. The summed E-state index contributed by atoms with van der Waals surface area (Å²) in [6.07, 6.45) is 0. The first kappa shape index (κ1) is 15.5. The summed E-state index contributed by atoms with van der Waals surface area (Å²) in [5.74, 6) is 0.821. The van der Waals surface area contributed by atoms with Gasteiger partial charge in [0, 0.05) is 29.7 Å². The Hall–Kier alpha value is -1.92. The van der Waals surface area contributed by atoms with E-state index in [1.165, 1.54) is 6.07 Å². The van der Waals surface area contributed by atoms with Gasteiger partial charge in [0.25, 0.3) is 5.69 Å². The van der Waals surface area contributed by atoms with E-state index in [1.54, 1.807) is 13.2 Å². The van der Waals surface area contributed by atoms with Crippen LogP contribution in [0.3, 0.4) is 0 Å². The molecule has 0 aliphatic carbocycles. The van der Waals surface area contributed by atoms with Crippen molar-refractivity contribution in [2.45, 2.75) is 13.1 Å². The van der Waals surface area contributed by atoms with Crippen molar-refractivity contribution in [3.63, 3.8) is 0 Å². The number of benzene rings is 2. The molecule has 110 valence electrons. The second-order valence-electron chi connectivity index (χ2n) is 4.53. The van der Waals surface area contributed by atoms with E-state index in [9.17, 15) is 10.1 Å². The third kappa shape index (κ3) is 4.54. The molecule has 0 fully saturated rings. The number of nitrogens with one attached hydrogen (secondary N) is 1. The number of methoxy groups -OCH3 is 1. The number of hydrogen-bond acceptors (Lipinski definition) is 4. The van der Waals surface area contributed by atoms with Gasteiger partial charge in [0.15, 0.2) is 0 Å². The SMILES string of the molecule is COc1ccc(CNCc2cc(Br)cc([N+](=O)[O-])c2)cc1. The van der Waals surface area contributed by atoms with Crippen LogP contribution < -0.4 is 10.1 Å². The summed E-state index contributed by atoms with van der Waals surface area (Å²) in [4.78, 5) is 10.4. The molecule has 0 aromatic heterocycles. The summed E-state index contributed by atoms with van der Waals surface area (Å²) in [5.41, 5.74) is 2.08. The van der Waals surface area contributed by atoms with Crippen LogP contribution in [-0.2, 0) is 13.1 Å². The van der Waals surface area contributed by atoms with Crippen LogP contribution in [-0.4, -0.2) is 12.0 Å². The smallest absolute Gasteiger partial charge is 0.270 e.